The van der Waals surface area contributed by atoms with Crippen molar-refractivity contribution in [1.29, 1.82) is 0 Å². The van der Waals surface area contributed by atoms with Gasteiger partial charge >= 0.3 is 0 Å². The number of benzene rings is 1. The van der Waals surface area contributed by atoms with Crippen molar-refractivity contribution >= 4 is 16.9 Å². The fourth-order valence-electron chi connectivity index (χ4n) is 2.17. The molecular formula is C16H19N5. The summed E-state index contributed by atoms with van der Waals surface area (Å²) in [6, 6.07) is 8.60. The average Bonchev–Trinajstić information content (AvgIpc) is 2.93. The predicted octanol–water partition coefficient (Wildman–Crippen LogP) is 3.33. The Labute approximate surface area is 124 Å². The Hall–Kier alpha value is -2.43. The molecule has 5 nitrogen and oxygen atoms in total. The summed E-state index contributed by atoms with van der Waals surface area (Å²) in [6.45, 7) is 6.35. The monoisotopic (exact) mass is 281 g/mol. The van der Waals surface area contributed by atoms with E-state index in [9.17, 15) is 0 Å². The molecule has 108 valence electrons. The summed E-state index contributed by atoms with van der Waals surface area (Å²) in [5.74, 6) is 0.840. The number of aryl methyl sites for hydroxylation is 1. The Morgan fingerprint density at radius 1 is 1.19 bits per heavy atom. The first-order valence-corrected chi connectivity index (χ1v) is 7.21. The number of nitrogens with zero attached hydrogens (tertiary/aromatic N) is 4. The minimum atomic E-state index is 0.367. The molecule has 0 aliphatic heterocycles. The lowest BCUT2D eigenvalue weighted by atomic mass is 10.2. The van der Waals surface area contributed by atoms with Crippen molar-refractivity contribution in [3.8, 4) is 5.69 Å². The number of hydrogen-bond acceptors (Lipinski definition) is 4. The summed E-state index contributed by atoms with van der Waals surface area (Å²) in [5.41, 5.74) is 3.05. The van der Waals surface area contributed by atoms with Crippen LogP contribution < -0.4 is 5.32 Å². The zero-order chi connectivity index (χ0) is 14.8. The zero-order valence-corrected chi connectivity index (χ0v) is 12.5. The Morgan fingerprint density at radius 2 is 1.95 bits per heavy atom. The molecule has 0 amide bonds. The smallest absolute Gasteiger partial charge is 0.168 e. The van der Waals surface area contributed by atoms with Gasteiger partial charge in [-0.3, -0.25) is 0 Å². The van der Waals surface area contributed by atoms with E-state index >= 15 is 0 Å². The van der Waals surface area contributed by atoms with E-state index < -0.39 is 0 Å². The van der Waals surface area contributed by atoms with Gasteiger partial charge in [0.1, 0.15) is 12.1 Å². The van der Waals surface area contributed by atoms with Crippen LogP contribution in [-0.4, -0.2) is 25.8 Å². The highest BCUT2D eigenvalue weighted by molar-refractivity contribution is 5.87. The third-order valence-electron chi connectivity index (χ3n) is 3.64. The van der Waals surface area contributed by atoms with E-state index in [1.807, 2.05) is 23.0 Å². The van der Waals surface area contributed by atoms with Crippen LogP contribution in [0.25, 0.3) is 16.7 Å². The summed E-state index contributed by atoms with van der Waals surface area (Å²) >= 11 is 0. The van der Waals surface area contributed by atoms with Crippen LogP contribution >= 0.6 is 0 Å². The van der Waals surface area contributed by atoms with Crippen molar-refractivity contribution in [1.82, 2.24) is 19.7 Å². The molecule has 5 heteroatoms. The number of hydrogen-bond donors (Lipinski definition) is 1. The van der Waals surface area contributed by atoms with Gasteiger partial charge in [-0.15, -0.1) is 0 Å². The largest absolute Gasteiger partial charge is 0.367 e. The molecule has 0 spiro atoms. The molecule has 1 unspecified atom stereocenters. The number of nitrogens with one attached hydrogen (secondary N) is 1. The molecule has 0 aliphatic rings. The lowest BCUT2D eigenvalue weighted by molar-refractivity contribution is 0.760. The second kappa shape index (κ2) is 5.52. The van der Waals surface area contributed by atoms with Crippen LogP contribution in [0, 0.1) is 6.92 Å². The molecule has 1 aromatic carbocycles. The van der Waals surface area contributed by atoms with E-state index in [0.717, 1.165) is 29.0 Å². The van der Waals surface area contributed by atoms with E-state index in [-0.39, 0.29) is 0 Å². The lowest BCUT2D eigenvalue weighted by Crippen LogP contribution is -2.14. The summed E-state index contributed by atoms with van der Waals surface area (Å²) in [7, 11) is 0. The van der Waals surface area contributed by atoms with Gasteiger partial charge in [-0.2, -0.15) is 5.10 Å². The van der Waals surface area contributed by atoms with Gasteiger partial charge < -0.3 is 5.32 Å². The van der Waals surface area contributed by atoms with Crippen LogP contribution in [0.3, 0.4) is 0 Å². The van der Waals surface area contributed by atoms with E-state index in [1.54, 1.807) is 6.33 Å². The average molecular weight is 281 g/mol. The Bertz CT molecular complexity index is 745. The van der Waals surface area contributed by atoms with Crippen LogP contribution in [0.4, 0.5) is 5.82 Å². The van der Waals surface area contributed by atoms with Crippen LogP contribution in [0.5, 0.6) is 0 Å². The fraction of sp³-hybridized carbons (Fsp3) is 0.312. The van der Waals surface area contributed by atoms with Crippen molar-refractivity contribution in [2.24, 2.45) is 0 Å². The number of aromatic nitrogens is 4. The van der Waals surface area contributed by atoms with Crippen LogP contribution in [0.2, 0.25) is 0 Å². The molecule has 0 fully saturated rings. The zero-order valence-electron chi connectivity index (χ0n) is 12.5. The first-order chi connectivity index (χ1) is 10.2. The van der Waals surface area contributed by atoms with E-state index in [0.29, 0.717) is 6.04 Å². The molecular weight excluding hydrogens is 262 g/mol. The molecule has 0 bridgehead atoms. The Balaban J connectivity index is 2.06. The summed E-state index contributed by atoms with van der Waals surface area (Å²) < 4.78 is 1.85. The summed E-state index contributed by atoms with van der Waals surface area (Å²) in [4.78, 5) is 8.72. The van der Waals surface area contributed by atoms with Gasteiger partial charge in [-0.1, -0.05) is 24.6 Å². The van der Waals surface area contributed by atoms with Gasteiger partial charge in [0, 0.05) is 6.04 Å². The molecule has 1 N–H and O–H groups in total. The van der Waals surface area contributed by atoms with E-state index in [1.165, 1.54) is 5.56 Å². The van der Waals surface area contributed by atoms with E-state index in [2.05, 4.69) is 53.3 Å². The van der Waals surface area contributed by atoms with Gasteiger partial charge in [-0.05, 0) is 32.4 Å². The van der Waals surface area contributed by atoms with Gasteiger partial charge in [0.15, 0.2) is 5.65 Å². The maximum absolute atomic E-state index is 4.46. The Morgan fingerprint density at radius 3 is 2.67 bits per heavy atom. The first-order valence-electron chi connectivity index (χ1n) is 7.21. The molecule has 3 aromatic rings. The maximum Gasteiger partial charge on any atom is 0.168 e. The van der Waals surface area contributed by atoms with E-state index in [4.69, 9.17) is 0 Å². The standard InChI is InChI=1S/C16H19N5/c1-4-12(3)20-15-14-9-19-21(16(14)18-10-17-15)13-7-5-11(2)6-8-13/h5-10,12H,4H2,1-3H3,(H,17,18,20). The third kappa shape index (κ3) is 2.59. The van der Waals surface area contributed by atoms with Gasteiger partial charge in [0.25, 0.3) is 0 Å². The molecule has 0 saturated carbocycles. The SMILES string of the molecule is CCC(C)Nc1ncnc2c1cnn2-c1ccc(C)cc1. The normalized spacial score (nSPS) is 12.5. The number of fused-ring (bicyclic) bond motifs is 1. The second-order valence-electron chi connectivity index (χ2n) is 5.31. The fourth-order valence-corrected chi connectivity index (χ4v) is 2.17. The summed E-state index contributed by atoms with van der Waals surface area (Å²) in [6.07, 6.45) is 4.44. The molecule has 3 rings (SSSR count). The highest BCUT2D eigenvalue weighted by Gasteiger charge is 2.12. The van der Waals surface area contributed by atoms with Gasteiger partial charge in [0.2, 0.25) is 0 Å². The highest BCUT2D eigenvalue weighted by atomic mass is 15.3. The van der Waals surface area contributed by atoms with Crippen molar-refractivity contribution in [2.45, 2.75) is 33.2 Å². The van der Waals surface area contributed by atoms with Crippen molar-refractivity contribution in [2.75, 3.05) is 5.32 Å². The second-order valence-corrected chi connectivity index (χ2v) is 5.31. The summed E-state index contributed by atoms with van der Waals surface area (Å²) in [5, 5.41) is 8.81. The molecule has 0 saturated heterocycles. The van der Waals surface area contributed by atoms with Crippen LogP contribution in [-0.2, 0) is 0 Å². The molecule has 0 radical (unpaired) electrons. The first kappa shape index (κ1) is 13.5. The molecule has 1 atom stereocenters. The predicted molar refractivity (Wildman–Crippen MR) is 84.8 cm³/mol. The maximum atomic E-state index is 4.46. The third-order valence-corrected chi connectivity index (χ3v) is 3.64. The number of rotatable bonds is 4. The van der Waals surface area contributed by atoms with Crippen molar-refractivity contribution in [3.63, 3.8) is 0 Å². The molecule has 21 heavy (non-hydrogen) atoms. The Kier molecular flexibility index (Phi) is 3.56. The van der Waals surface area contributed by atoms with Crippen molar-refractivity contribution in [3.05, 3.63) is 42.4 Å². The van der Waals surface area contributed by atoms with Crippen molar-refractivity contribution < 1.29 is 0 Å². The quantitative estimate of drug-likeness (QED) is 0.797. The topological polar surface area (TPSA) is 55.6 Å². The van der Waals surface area contributed by atoms with Gasteiger partial charge in [0.05, 0.1) is 17.3 Å². The van der Waals surface area contributed by atoms with Crippen LogP contribution in [0.15, 0.2) is 36.8 Å². The molecule has 2 heterocycles. The minimum absolute atomic E-state index is 0.367. The minimum Gasteiger partial charge on any atom is -0.367 e. The highest BCUT2D eigenvalue weighted by Crippen LogP contribution is 2.22. The van der Waals surface area contributed by atoms with Crippen LogP contribution in [0.1, 0.15) is 25.8 Å². The number of anilines is 1. The lowest BCUT2D eigenvalue weighted by Gasteiger charge is -2.12. The molecule has 2 aromatic heterocycles. The molecule has 0 aliphatic carbocycles. The van der Waals surface area contributed by atoms with Gasteiger partial charge in [-0.25, -0.2) is 14.6 Å².